The summed E-state index contributed by atoms with van der Waals surface area (Å²) in [5, 5.41) is 38.4. The number of benzene rings is 5. The molecule has 0 aliphatic carbocycles. The fourth-order valence-corrected chi connectivity index (χ4v) is 18.6. The van der Waals surface area contributed by atoms with Crippen molar-refractivity contribution in [3.8, 4) is 5.75 Å². The minimum absolute atomic E-state index is 0.0333. The summed E-state index contributed by atoms with van der Waals surface area (Å²) in [6.07, 6.45) is -5.99. The van der Waals surface area contributed by atoms with E-state index in [9.17, 15) is 99.3 Å². The number of aliphatic hydroxyl groups excluding tert-OH is 1. The number of amides is 5. The molecule has 8 N–H and O–H groups in total. The zero-order chi connectivity index (χ0) is 108. The van der Waals surface area contributed by atoms with Crippen LogP contribution in [0.15, 0.2) is 133 Å². The predicted molar refractivity (Wildman–Crippen MR) is 531 cm³/mol. The third-order valence-corrected chi connectivity index (χ3v) is 27.5. The lowest BCUT2D eigenvalue weighted by Crippen LogP contribution is -2.42. The van der Waals surface area contributed by atoms with Crippen LogP contribution in [0.5, 0.6) is 5.75 Å². The van der Waals surface area contributed by atoms with Gasteiger partial charge in [-0.1, -0.05) is 159 Å². The van der Waals surface area contributed by atoms with Crippen LogP contribution in [0.3, 0.4) is 0 Å². The highest BCUT2D eigenvalue weighted by Gasteiger charge is 2.41. The SMILES string of the molecule is CC1CCCN(CCN(Cc2ccccc2Cl)C(=O)c2cc(C(F)(F)F)[nH]n2)C1.COc1c(C)cccc1CN(CCN1CCCCCC1)C(=O)c1cc(C(F)(F)F)[nH]n1.Cc1cccc(CN(CCN2CCCCCC2)C(=O)c2cc(C(F)(F)F)[nH]n2)c1F.Nc1cccc(Cl)c1CN(CCN1CCCCCC1)C(=O)c1cc(C(F)(F)F)[nH]n1.O=C(c1cc(C(F)(F)F)[nH]n1)N(CCN1CCC(O)CC1)Cc1ccccc1Cl. The highest BCUT2D eigenvalue weighted by molar-refractivity contribution is 6.32. The number of aromatic nitrogens is 10. The molecule has 5 aliphatic heterocycles. The molecule has 5 aliphatic rings. The lowest BCUT2D eigenvalue weighted by molar-refractivity contribution is -0.142. The molecule has 5 fully saturated rings. The number of aromatic amines is 5. The summed E-state index contributed by atoms with van der Waals surface area (Å²) in [4.78, 5) is 83.5. The Hall–Kier alpha value is -11.4. The summed E-state index contributed by atoms with van der Waals surface area (Å²) in [5.41, 5.74) is 4.28. The van der Waals surface area contributed by atoms with E-state index in [1.54, 1.807) is 97.8 Å². The molecule has 28 nitrogen and oxygen atoms in total. The predicted octanol–water partition coefficient (Wildman–Crippen LogP) is 20.5. The molecule has 1 atom stereocenters. The van der Waals surface area contributed by atoms with Crippen LogP contribution in [0.1, 0.15) is 230 Å². The van der Waals surface area contributed by atoms with Gasteiger partial charge < -0.3 is 64.6 Å². The first-order chi connectivity index (χ1) is 70.8. The van der Waals surface area contributed by atoms with Crippen LogP contribution >= 0.6 is 34.8 Å². The van der Waals surface area contributed by atoms with Crippen LogP contribution in [-0.2, 0) is 63.6 Å². The normalized spacial score (nSPS) is 16.2. The van der Waals surface area contributed by atoms with Crippen molar-refractivity contribution in [3.05, 3.63) is 250 Å². The van der Waals surface area contributed by atoms with Gasteiger partial charge in [0, 0.05) is 186 Å². The third-order valence-electron chi connectivity index (χ3n) is 26.4. The summed E-state index contributed by atoms with van der Waals surface area (Å²) in [5.74, 6) is -2.10. The van der Waals surface area contributed by atoms with Crippen LogP contribution in [0.2, 0.25) is 15.1 Å². The second-order valence-corrected chi connectivity index (χ2v) is 38.9. The Morgan fingerprint density at radius 3 is 0.973 bits per heavy atom. The summed E-state index contributed by atoms with van der Waals surface area (Å²) < 4.78 is 213. The number of alkyl halides is 15. The molecule has 5 saturated heterocycles. The van der Waals surface area contributed by atoms with Gasteiger partial charge in [0.1, 0.15) is 40.0 Å². The van der Waals surface area contributed by atoms with E-state index >= 15 is 0 Å². The summed E-state index contributed by atoms with van der Waals surface area (Å²) in [6, 6.07) is 33.4. The van der Waals surface area contributed by atoms with Crippen molar-refractivity contribution in [2.24, 2.45) is 5.92 Å². The third kappa shape index (κ3) is 36.2. The first-order valence-corrected chi connectivity index (χ1v) is 50.7. The molecular weight excluding hydrogens is 2040 g/mol. The first kappa shape index (κ1) is 118. The molecule has 10 heterocycles. The molecule has 5 aromatic carbocycles. The largest absolute Gasteiger partial charge is 0.496 e. The number of nitrogens with zero attached hydrogens (tertiary/aromatic N) is 15. The molecule has 0 spiro atoms. The maximum absolute atomic E-state index is 14.5. The van der Waals surface area contributed by atoms with Crippen LogP contribution in [0.4, 0.5) is 75.9 Å². The van der Waals surface area contributed by atoms with E-state index in [0.717, 1.165) is 138 Å². The summed E-state index contributed by atoms with van der Waals surface area (Å²) >= 11 is 18.7. The van der Waals surface area contributed by atoms with Crippen LogP contribution in [0.25, 0.3) is 0 Å². The van der Waals surface area contributed by atoms with Crippen molar-refractivity contribution >= 4 is 70.0 Å². The van der Waals surface area contributed by atoms with Gasteiger partial charge in [-0.2, -0.15) is 91.3 Å². The number of hydrogen-bond donors (Lipinski definition) is 7. The first-order valence-electron chi connectivity index (χ1n) is 49.5. The van der Waals surface area contributed by atoms with Gasteiger partial charge in [0.25, 0.3) is 29.5 Å². The maximum atomic E-state index is 14.5. The van der Waals surface area contributed by atoms with Gasteiger partial charge in [0.2, 0.25) is 0 Å². The molecule has 1 unspecified atom stereocenters. The number of aryl methyl sites for hydroxylation is 2. The van der Waals surface area contributed by atoms with Crippen LogP contribution < -0.4 is 10.5 Å². The van der Waals surface area contributed by atoms with Crippen molar-refractivity contribution in [3.63, 3.8) is 0 Å². The van der Waals surface area contributed by atoms with E-state index in [2.05, 4.69) is 56.9 Å². The number of halogens is 19. The van der Waals surface area contributed by atoms with Gasteiger partial charge in [0.15, 0.2) is 28.5 Å². The zero-order valence-electron chi connectivity index (χ0n) is 83.2. The Bertz CT molecular complexity index is 5880. The van der Waals surface area contributed by atoms with Crippen molar-refractivity contribution in [2.75, 3.05) is 144 Å². The van der Waals surface area contributed by atoms with E-state index < -0.39 is 94.7 Å². The number of H-pyrrole nitrogens is 5. The molecular formula is C102H126Cl3F16N21O7. The number of nitrogens with one attached hydrogen (secondary N) is 5. The minimum Gasteiger partial charge on any atom is -0.496 e. The van der Waals surface area contributed by atoms with Crippen LogP contribution in [-0.4, -0.2) is 279 Å². The van der Waals surface area contributed by atoms with Gasteiger partial charge in [-0.15, -0.1) is 0 Å². The number of hydrogen-bond acceptors (Lipinski definition) is 18. The van der Waals surface area contributed by atoms with E-state index in [4.69, 9.17) is 45.3 Å². The van der Waals surface area contributed by atoms with E-state index in [1.165, 1.54) is 64.5 Å². The number of aliphatic hydroxyl groups is 1. The Kier molecular flexibility index (Phi) is 44.0. The van der Waals surface area contributed by atoms with Crippen molar-refractivity contribution in [1.29, 1.82) is 0 Å². The molecule has 15 rings (SSSR count). The number of carbonyl (C=O) groups excluding carboxylic acids is 5. The Balaban J connectivity index is 0.000000177. The number of rotatable bonds is 31. The number of nitrogen functional groups attached to an aromatic ring is 1. The maximum Gasteiger partial charge on any atom is 0.432 e. The number of nitrogens with two attached hydrogens (primary N) is 1. The fraction of sp³-hybridized carbons (Fsp3) is 0.510. The minimum atomic E-state index is -4.62. The average Bonchev–Trinajstić information content (AvgIpc) is 1.74. The molecule has 10 aromatic rings. The standard InChI is InChI=1S/C22H29F3N4O2.C21H26F4N4O.C20H25ClF3N5O.C20H24ClF3N4O.C19H22ClF3N4O2/c1-16-8-7-9-17(20(16)31-2)15-29(13-12-28-10-5-3-4-6-11-28)21(30)18-14-19(27-26-18)22(23,24)25;1-15-7-6-8-16(19(15)22)14-29(12-11-28-9-4-2-3-5-10-28)20(30)17-13-18(27-26-17)21(23,24)25;21-15-6-5-7-16(25)14(15)13-29(11-10-28-8-3-1-2-4-9-28)19(30)17-12-18(27-26-17)20(22,23)24;1-14-5-4-8-27(12-14)9-10-28(13-15-6-2-3-7-16(15)21)19(29)17-11-18(26-25-17)20(22,23)24;20-15-4-2-1-3-13(15)12-27(10-9-26-7-5-14(28)6-8-26)18(29)16-11-17(25-24-16)19(21,22)23/h7-9,14H,3-6,10-13,15H2,1-2H3,(H,26,27);6-8,13H,2-5,9-12,14H2,1H3,(H,26,27);5-7,12H,1-4,8-11,13,25H2,(H,26,27);2-3,6-7,11,14H,4-5,8-10,12-13H2,1H3,(H,25,26);1-4,11,14,28H,5-10,12H2,(H,24,25). The number of ether oxygens (including phenoxy) is 1. The number of piperidine rings is 2. The van der Waals surface area contributed by atoms with E-state index in [0.29, 0.717) is 146 Å². The van der Waals surface area contributed by atoms with Gasteiger partial charge in [-0.3, -0.25) is 49.5 Å². The van der Waals surface area contributed by atoms with E-state index in [-0.39, 0.29) is 73.8 Å². The average molecular weight is 2170 g/mol. The number of likely N-dealkylation sites (tertiary alicyclic amines) is 5. The van der Waals surface area contributed by atoms with Gasteiger partial charge in [-0.25, -0.2) is 4.39 Å². The number of anilines is 1. The number of carbonyl (C=O) groups is 5. The summed E-state index contributed by atoms with van der Waals surface area (Å²) in [6.45, 7) is 20.1. The van der Waals surface area contributed by atoms with Crippen molar-refractivity contribution in [1.82, 2.24) is 100.0 Å². The zero-order valence-corrected chi connectivity index (χ0v) is 85.5. The van der Waals surface area contributed by atoms with Crippen molar-refractivity contribution in [2.45, 2.75) is 193 Å². The second kappa shape index (κ2) is 55.6. The topological polar surface area (TPSA) is 317 Å². The summed E-state index contributed by atoms with van der Waals surface area (Å²) in [7, 11) is 1.57. The molecule has 5 amide bonds. The molecule has 0 bridgehead atoms. The molecule has 814 valence electrons. The lowest BCUT2D eigenvalue weighted by atomic mass is 10.0. The lowest BCUT2D eigenvalue weighted by Gasteiger charge is -2.33. The monoisotopic (exact) mass is 2170 g/mol. The molecule has 5 aromatic heterocycles. The van der Waals surface area contributed by atoms with Gasteiger partial charge >= 0.3 is 30.9 Å². The van der Waals surface area contributed by atoms with Gasteiger partial charge in [-0.05, 0) is 176 Å². The Labute approximate surface area is 868 Å². The molecule has 0 saturated carbocycles. The van der Waals surface area contributed by atoms with Gasteiger partial charge in [0.05, 0.1) is 13.2 Å². The number of para-hydroxylation sites is 1. The quantitative estimate of drug-likeness (QED) is 0.0157. The number of methoxy groups -OCH3 is 1. The molecule has 47 heteroatoms. The fourth-order valence-electron chi connectivity index (χ4n) is 17.9. The van der Waals surface area contributed by atoms with Crippen molar-refractivity contribution < 1.29 is 104 Å². The second-order valence-electron chi connectivity index (χ2n) is 37.7. The van der Waals surface area contributed by atoms with Crippen LogP contribution in [0, 0.1) is 25.6 Å². The molecule has 149 heavy (non-hydrogen) atoms. The molecule has 0 radical (unpaired) electrons. The highest BCUT2D eigenvalue weighted by atomic mass is 35.5. The Morgan fingerprint density at radius 2 is 0.651 bits per heavy atom. The smallest absolute Gasteiger partial charge is 0.432 e. The van der Waals surface area contributed by atoms with E-state index in [1.807, 2.05) is 56.7 Å². The highest BCUT2D eigenvalue weighted by Crippen LogP contribution is 2.37. The Morgan fingerprint density at radius 1 is 0.369 bits per heavy atom.